The Morgan fingerprint density at radius 3 is 2.83 bits per heavy atom. The molecule has 1 spiro atoms. The molecule has 30 heavy (non-hydrogen) atoms. The van der Waals surface area contributed by atoms with Crippen LogP contribution in [0.15, 0.2) is 18.2 Å². The molecule has 2 fully saturated rings. The van der Waals surface area contributed by atoms with Crippen molar-refractivity contribution in [2.45, 2.75) is 32.4 Å². The zero-order valence-electron chi connectivity index (χ0n) is 17.6. The highest BCUT2D eigenvalue weighted by molar-refractivity contribution is 5.85. The van der Waals surface area contributed by atoms with E-state index in [0.29, 0.717) is 12.3 Å². The fraction of sp³-hybridized carbons (Fsp3) is 0.478. The number of aliphatic hydroxyl groups excluding tert-OH is 1. The minimum Gasteiger partial charge on any atom is -0.390 e. The van der Waals surface area contributed by atoms with Gasteiger partial charge in [0, 0.05) is 36.2 Å². The first-order valence-corrected chi connectivity index (χ1v) is 10.5. The predicted octanol–water partition coefficient (Wildman–Crippen LogP) is 1.86. The van der Waals surface area contributed by atoms with Gasteiger partial charge in [0.05, 0.1) is 42.8 Å². The summed E-state index contributed by atoms with van der Waals surface area (Å²) in [5.41, 5.74) is 11.9. The number of anilines is 1. The van der Waals surface area contributed by atoms with Crippen LogP contribution >= 0.6 is 0 Å². The normalized spacial score (nSPS) is 21.9. The molecule has 0 aliphatic carbocycles. The van der Waals surface area contributed by atoms with Crippen LogP contribution in [-0.4, -0.2) is 64.9 Å². The molecule has 1 atom stereocenters. The van der Waals surface area contributed by atoms with Crippen molar-refractivity contribution in [2.75, 3.05) is 38.3 Å². The van der Waals surface area contributed by atoms with Gasteiger partial charge in [-0.05, 0) is 25.8 Å². The quantitative estimate of drug-likeness (QED) is 0.757. The van der Waals surface area contributed by atoms with Crippen LogP contribution in [0.1, 0.15) is 29.8 Å². The van der Waals surface area contributed by atoms with E-state index in [0.717, 1.165) is 66.6 Å². The van der Waals surface area contributed by atoms with Crippen molar-refractivity contribution in [1.29, 1.82) is 0 Å². The number of aliphatic hydroxyl groups is 1. The Morgan fingerprint density at radius 2 is 2.13 bits per heavy atom. The van der Waals surface area contributed by atoms with Gasteiger partial charge < -0.3 is 20.5 Å². The van der Waals surface area contributed by atoms with E-state index < -0.39 is 0 Å². The molecule has 2 saturated heterocycles. The zero-order chi connectivity index (χ0) is 20.9. The van der Waals surface area contributed by atoms with E-state index in [9.17, 15) is 5.11 Å². The van der Waals surface area contributed by atoms with Crippen molar-refractivity contribution in [3.8, 4) is 11.3 Å². The monoisotopic (exact) mass is 406 g/mol. The molecule has 0 saturated carbocycles. The number of benzene rings is 1. The zero-order valence-corrected chi connectivity index (χ0v) is 17.6. The van der Waals surface area contributed by atoms with Crippen LogP contribution in [0.4, 0.5) is 11.5 Å². The Balaban J connectivity index is 1.44. The molecule has 0 bridgehead atoms. The minimum atomic E-state index is -0.139. The lowest BCUT2D eigenvalue weighted by molar-refractivity contribution is -0.394. The lowest BCUT2D eigenvalue weighted by Gasteiger charge is -2.41. The van der Waals surface area contributed by atoms with E-state index in [1.807, 2.05) is 24.6 Å². The van der Waals surface area contributed by atoms with Crippen LogP contribution in [0.2, 0.25) is 0 Å². The van der Waals surface area contributed by atoms with Gasteiger partial charge in [-0.1, -0.05) is 6.07 Å². The number of aromatic nitrogens is 2. The van der Waals surface area contributed by atoms with E-state index in [1.54, 1.807) is 0 Å². The SMILES string of the molecule is Cc1nc(N2CCC3(CC2)COC[C@H]3N)c(CO)nc1-c1ccc2c(c1)[N+](C)=C=C2. The van der Waals surface area contributed by atoms with Gasteiger partial charge in [-0.2, -0.15) is 4.58 Å². The van der Waals surface area contributed by atoms with Gasteiger partial charge in [0.2, 0.25) is 5.69 Å². The number of hydrogen-bond acceptors (Lipinski definition) is 6. The third-order valence-electron chi connectivity index (χ3n) is 6.88. The summed E-state index contributed by atoms with van der Waals surface area (Å²) in [6, 6.07) is 6.35. The second-order valence-electron chi connectivity index (χ2n) is 8.66. The number of aryl methyl sites for hydroxylation is 1. The second-order valence-corrected chi connectivity index (χ2v) is 8.66. The molecule has 2 aromatic rings. The molecule has 7 nitrogen and oxygen atoms in total. The largest absolute Gasteiger partial charge is 0.390 e. The summed E-state index contributed by atoms with van der Waals surface area (Å²) in [5.74, 6) is 3.97. The Hall–Kier alpha value is -2.57. The highest BCUT2D eigenvalue weighted by Gasteiger charge is 2.44. The maximum atomic E-state index is 10.1. The van der Waals surface area contributed by atoms with Crippen LogP contribution in [-0.2, 0) is 11.3 Å². The molecule has 3 aliphatic rings. The lowest BCUT2D eigenvalue weighted by atomic mass is 9.75. The van der Waals surface area contributed by atoms with Crippen molar-refractivity contribution in [1.82, 2.24) is 9.97 Å². The highest BCUT2D eigenvalue weighted by Crippen LogP contribution is 2.40. The third kappa shape index (κ3) is 3.06. The van der Waals surface area contributed by atoms with Gasteiger partial charge in [-0.3, -0.25) is 0 Å². The van der Waals surface area contributed by atoms with Crippen LogP contribution in [0.3, 0.4) is 0 Å². The molecule has 0 radical (unpaired) electrons. The number of piperidine rings is 1. The second kappa shape index (κ2) is 7.29. The summed E-state index contributed by atoms with van der Waals surface area (Å²) in [5, 5.41) is 10.1. The number of ether oxygens (including phenoxy) is 1. The molecule has 1 aromatic heterocycles. The Bertz CT molecular complexity index is 1070. The first-order valence-electron chi connectivity index (χ1n) is 10.5. The van der Waals surface area contributed by atoms with E-state index in [4.69, 9.17) is 20.4 Å². The average molecular weight is 407 g/mol. The number of rotatable bonds is 3. The van der Waals surface area contributed by atoms with Crippen LogP contribution in [0, 0.1) is 12.3 Å². The fourth-order valence-corrected chi connectivity index (χ4v) is 4.87. The maximum absolute atomic E-state index is 10.1. The van der Waals surface area contributed by atoms with Crippen molar-refractivity contribution >= 4 is 23.5 Å². The molecule has 0 amide bonds. The van der Waals surface area contributed by atoms with Crippen molar-refractivity contribution in [3.63, 3.8) is 0 Å². The topological polar surface area (TPSA) is 87.5 Å². The summed E-state index contributed by atoms with van der Waals surface area (Å²) in [6.07, 6.45) is 3.93. The standard InChI is InChI=1S/C23H28N5O2/c1-15-21(17-4-3-16-5-8-27(2)19(16)11-17)26-18(12-29)22(25-15)28-9-6-23(7-10-28)14-30-13-20(23)24/h3-5,11,20,29H,6-7,9-10,12-14,24H2,1-2H3/q+1/t20-/m1/s1. The molecule has 0 unspecified atom stereocenters. The first-order chi connectivity index (χ1) is 14.5. The van der Waals surface area contributed by atoms with Gasteiger partial charge >= 0.3 is 0 Å². The van der Waals surface area contributed by atoms with Gasteiger partial charge in [-0.15, -0.1) is 0 Å². The molecular formula is C23H28N5O2+. The Morgan fingerprint density at radius 1 is 1.33 bits per heavy atom. The highest BCUT2D eigenvalue weighted by atomic mass is 16.5. The molecule has 5 rings (SSSR count). The van der Waals surface area contributed by atoms with Crippen molar-refractivity contribution < 1.29 is 14.4 Å². The van der Waals surface area contributed by atoms with Gasteiger partial charge in [0.1, 0.15) is 12.7 Å². The number of nitrogens with two attached hydrogens (primary N) is 1. The average Bonchev–Trinajstić information content (AvgIpc) is 3.31. The molecule has 3 aliphatic heterocycles. The predicted molar refractivity (Wildman–Crippen MR) is 116 cm³/mol. The maximum Gasteiger partial charge on any atom is 0.222 e. The smallest absolute Gasteiger partial charge is 0.222 e. The summed E-state index contributed by atoms with van der Waals surface area (Å²) < 4.78 is 7.61. The van der Waals surface area contributed by atoms with E-state index in [2.05, 4.69) is 29.0 Å². The van der Waals surface area contributed by atoms with Crippen LogP contribution in [0.5, 0.6) is 0 Å². The lowest BCUT2D eigenvalue weighted by Crippen LogP contribution is -2.49. The third-order valence-corrected chi connectivity index (χ3v) is 6.88. The molecule has 3 N–H and O–H groups in total. The van der Waals surface area contributed by atoms with Crippen LogP contribution < -0.4 is 10.6 Å². The molecular weight excluding hydrogens is 378 g/mol. The van der Waals surface area contributed by atoms with Crippen LogP contribution in [0.25, 0.3) is 17.3 Å². The van der Waals surface area contributed by atoms with Gasteiger partial charge in [0.15, 0.2) is 11.7 Å². The van der Waals surface area contributed by atoms with E-state index >= 15 is 0 Å². The van der Waals surface area contributed by atoms with Crippen molar-refractivity contribution in [3.05, 3.63) is 35.2 Å². The van der Waals surface area contributed by atoms with E-state index in [-0.39, 0.29) is 18.1 Å². The Labute approximate surface area is 176 Å². The number of nitrogens with zero attached hydrogens (tertiary/aromatic N) is 4. The fourth-order valence-electron chi connectivity index (χ4n) is 4.87. The number of fused-ring (bicyclic) bond motifs is 1. The van der Waals surface area contributed by atoms with Crippen molar-refractivity contribution in [2.24, 2.45) is 11.1 Å². The molecule has 156 valence electrons. The molecule has 4 heterocycles. The summed E-state index contributed by atoms with van der Waals surface area (Å²) in [4.78, 5) is 12.0. The van der Waals surface area contributed by atoms with Gasteiger partial charge in [-0.25, -0.2) is 9.97 Å². The summed E-state index contributed by atoms with van der Waals surface area (Å²) in [7, 11) is 1.98. The number of hydrogen-bond donors (Lipinski definition) is 2. The first kappa shape index (κ1) is 19.4. The molecule has 1 aromatic carbocycles. The minimum absolute atomic E-state index is 0.0831. The molecule has 7 heteroatoms. The summed E-state index contributed by atoms with van der Waals surface area (Å²) >= 11 is 0. The Kier molecular flexibility index (Phi) is 4.71. The summed E-state index contributed by atoms with van der Waals surface area (Å²) in [6.45, 7) is 4.95. The van der Waals surface area contributed by atoms with Gasteiger partial charge in [0.25, 0.3) is 0 Å². The van der Waals surface area contributed by atoms with E-state index in [1.165, 1.54) is 0 Å².